The van der Waals surface area contributed by atoms with Gasteiger partial charge in [-0.15, -0.1) is 0 Å². The number of aliphatic carboxylic acids is 1. The van der Waals surface area contributed by atoms with Gasteiger partial charge < -0.3 is 14.7 Å². The first-order valence-corrected chi connectivity index (χ1v) is 7.10. The van der Waals surface area contributed by atoms with E-state index in [4.69, 9.17) is 21.4 Å². The summed E-state index contributed by atoms with van der Waals surface area (Å²) < 4.78 is 5.25. The summed E-state index contributed by atoms with van der Waals surface area (Å²) in [7, 11) is 0. The predicted octanol–water partition coefficient (Wildman–Crippen LogP) is 1.75. The van der Waals surface area contributed by atoms with Crippen molar-refractivity contribution in [3.63, 3.8) is 0 Å². The zero-order valence-electron chi connectivity index (χ0n) is 11.7. The number of aromatic nitrogens is 1. The number of carboxylic acids is 1. The van der Waals surface area contributed by atoms with Crippen LogP contribution in [-0.4, -0.2) is 52.7 Å². The van der Waals surface area contributed by atoms with Crippen LogP contribution < -0.4 is 0 Å². The van der Waals surface area contributed by atoms with Gasteiger partial charge in [0, 0.05) is 24.3 Å². The third-order valence-electron chi connectivity index (χ3n) is 3.34. The fourth-order valence-corrected chi connectivity index (χ4v) is 2.60. The van der Waals surface area contributed by atoms with Gasteiger partial charge in [0.15, 0.2) is 0 Å². The second-order valence-electron chi connectivity index (χ2n) is 5.02. The molecule has 6 nitrogen and oxygen atoms in total. The molecule has 0 saturated carbocycles. The molecule has 0 spiro atoms. The average Bonchev–Trinajstić information content (AvgIpc) is 2.44. The van der Waals surface area contributed by atoms with E-state index >= 15 is 0 Å². The smallest absolute Gasteiger partial charge is 0.329 e. The van der Waals surface area contributed by atoms with Crippen LogP contribution in [0.3, 0.4) is 0 Å². The topological polar surface area (TPSA) is 79.7 Å². The quantitative estimate of drug-likeness (QED) is 0.857. The van der Waals surface area contributed by atoms with Gasteiger partial charge in [0.05, 0.1) is 6.10 Å². The summed E-state index contributed by atoms with van der Waals surface area (Å²) in [5, 5.41) is 8.88. The average molecular weight is 313 g/mol. The van der Waals surface area contributed by atoms with E-state index in [0.29, 0.717) is 42.3 Å². The maximum atomic E-state index is 12.4. The van der Waals surface area contributed by atoms with Crippen molar-refractivity contribution in [3.8, 4) is 0 Å². The van der Waals surface area contributed by atoms with Gasteiger partial charge in [0.2, 0.25) is 0 Å². The maximum Gasteiger partial charge on any atom is 0.329 e. The molecule has 7 heteroatoms. The Balaban J connectivity index is 1.92. The maximum absolute atomic E-state index is 12.4. The van der Waals surface area contributed by atoms with Gasteiger partial charge >= 0.3 is 5.97 Å². The molecular weight excluding hydrogens is 296 g/mol. The summed E-state index contributed by atoms with van der Waals surface area (Å²) in [6.07, 6.45) is 1.17. The highest BCUT2D eigenvalue weighted by Crippen LogP contribution is 2.18. The normalized spacial score (nSPS) is 16.0. The number of pyridine rings is 1. The molecule has 0 unspecified atom stereocenters. The lowest BCUT2D eigenvalue weighted by atomic mass is 10.1. The number of aryl methyl sites for hydroxylation is 1. The van der Waals surface area contributed by atoms with E-state index in [1.807, 2.05) is 0 Å². The van der Waals surface area contributed by atoms with Crippen molar-refractivity contribution in [2.24, 2.45) is 0 Å². The lowest BCUT2D eigenvalue weighted by Crippen LogP contribution is -2.41. The summed E-state index contributed by atoms with van der Waals surface area (Å²) in [5.74, 6) is -1.06. The highest BCUT2D eigenvalue weighted by molar-refractivity contribution is 6.29. The van der Waals surface area contributed by atoms with Gasteiger partial charge in [-0.05, 0) is 31.9 Å². The van der Waals surface area contributed by atoms with Gasteiger partial charge in [-0.3, -0.25) is 4.79 Å². The van der Waals surface area contributed by atoms with Gasteiger partial charge in [0.25, 0.3) is 5.91 Å². The molecule has 1 amide bonds. The lowest BCUT2D eigenvalue weighted by molar-refractivity contribution is -0.145. The van der Waals surface area contributed by atoms with Crippen molar-refractivity contribution < 1.29 is 19.4 Å². The van der Waals surface area contributed by atoms with E-state index in [1.54, 1.807) is 24.0 Å². The molecule has 21 heavy (non-hydrogen) atoms. The first-order chi connectivity index (χ1) is 9.95. The van der Waals surface area contributed by atoms with Gasteiger partial charge in [-0.1, -0.05) is 11.6 Å². The molecule has 1 aromatic rings. The van der Waals surface area contributed by atoms with Crippen LogP contribution >= 0.6 is 11.6 Å². The number of rotatable bonds is 4. The minimum atomic E-state index is -0.976. The number of carbonyl (C=O) groups is 2. The molecule has 1 N–H and O–H groups in total. The van der Waals surface area contributed by atoms with Gasteiger partial charge in [-0.25, -0.2) is 9.78 Å². The number of amides is 1. The molecule has 0 radical (unpaired) electrons. The molecule has 2 heterocycles. The molecule has 1 aromatic heterocycles. The van der Waals surface area contributed by atoms with Crippen LogP contribution in [0.1, 0.15) is 28.9 Å². The fraction of sp³-hybridized carbons (Fsp3) is 0.500. The van der Waals surface area contributed by atoms with E-state index < -0.39 is 5.97 Å². The molecule has 1 aliphatic rings. The Labute approximate surface area is 127 Å². The molecule has 0 atom stereocenters. The van der Waals surface area contributed by atoms with Crippen molar-refractivity contribution in [2.45, 2.75) is 25.9 Å². The van der Waals surface area contributed by atoms with Crippen LogP contribution in [0.15, 0.2) is 12.1 Å². The summed E-state index contributed by atoms with van der Waals surface area (Å²) in [6, 6.07) is 3.27. The number of hydrogen-bond acceptors (Lipinski definition) is 4. The first-order valence-electron chi connectivity index (χ1n) is 6.72. The fourth-order valence-electron chi connectivity index (χ4n) is 2.35. The van der Waals surface area contributed by atoms with Crippen LogP contribution in [0.25, 0.3) is 0 Å². The first kappa shape index (κ1) is 15.7. The molecule has 2 rings (SSSR count). The van der Waals surface area contributed by atoms with E-state index in [1.165, 1.54) is 0 Å². The summed E-state index contributed by atoms with van der Waals surface area (Å²) in [6.45, 7) is 2.58. The zero-order valence-corrected chi connectivity index (χ0v) is 12.5. The lowest BCUT2D eigenvalue weighted by Gasteiger charge is -2.31. The van der Waals surface area contributed by atoms with E-state index in [-0.39, 0.29) is 18.6 Å². The third kappa shape index (κ3) is 4.41. The van der Waals surface area contributed by atoms with Crippen molar-refractivity contribution in [1.29, 1.82) is 0 Å². The van der Waals surface area contributed by atoms with Crippen molar-refractivity contribution >= 4 is 23.5 Å². The van der Waals surface area contributed by atoms with Gasteiger partial charge in [-0.2, -0.15) is 0 Å². The van der Waals surface area contributed by atoms with Crippen molar-refractivity contribution in [2.75, 3.05) is 19.7 Å². The Morgan fingerprint density at radius 2 is 2.10 bits per heavy atom. The molecule has 0 aliphatic carbocycles. The van der Waals surface area contributed by atoms with Gasteiger partial charge in [0.1, 0.15) is 11.8 Å². The molecule has 0 bridgehead atoms. The Morgan fingerprint density at radius 1 is 1.43 bits per heavy atom. The largest absolute Gasteiger partial charge is 0.480 e. The van der Waals surface area contributed by atoms with Crippen LogP contribution in [0.2, 0.25) is 5.15 Å². The number of hydrogen-bond donors (Lipinski definition) is 1. The van der Waals surface area contributed by atoms with Crippen molar-refractivity contribution in [3.05, 3.63) is 28.5 Å². The van der Waals surface area contributed by atoms with Crippen molar-refractivity contribution in [1.82, 2.24) is 9.88 Å². The molecule has 1 aliphatic heterocycles. The predicted molar refractivity (Wildman–Crippen MR) is 76.5 cm³/mol. The molecular formula is C14H17ClN2O4. The number of carbonyl (C=O) groups excluding carboxylic acids is 1. The Kier molecular flexibility index (Phi) is 5.14. The molecule has 1 saturated heterocycles. The third-order valence-corrected chi connectivity index (χ3v) is 3.53. The highest BCUT2D eigenvalue weighted by Gasteiger charge is 2.24. The van der Waals surface area contributed by atoms with E-state index in [0.717, 1.165) is 0 Å². The monoisotopic (exact) mass is 312 g/mol. The van der Waals surface area contributed by atoms with E-state index in [2.05, 4.69) is 4.98 Å². The SMILES string of the molecule is Cc1cc(C(=O)N2CCC(OCC(=O)O)CC2)cc(Cl)n1. The minimum Gasteiger partial charge on any atom is -0.480 e. The number of carboxylic acid groups (broad SMARTS) is 1. The standard InChI is InChI=1S/C14H17ClN2O4/c1-9-6-10(7-12(15)16-9)14(20)17-4-2-11(3-5-17)21-8-13(18)19/h6-7,11H,2-5,8H2,1H3,(H,18,19). The number of piperidine rings is 1. The second kappa shape index (κ2) is 6.87. The van der Waals surface area contributed by atoms with Crippen LogP contribution in [0.5, 0.6) is 0 Å². The van der Waals surface area contributed by atoms with Crippen LogP contribution in [0, 0.1) is 6.92 Å². The number of ether oxygens (including phenoxy) is 1. The molecule has 0 aromatic carbocycles. The number of likely N-dealkylation sites (tertiary alicyclic amines) is 1. The minimum absolute atomic E-state index is 0.0842. The number of nitrogens with zero attached hydrogens (tertiary/aromatic N) is 2. The number of halogens is 1. The zero-order chi connectivity index (χ0) is 15.4. The van der Waals surface area contributed by atoms with Crippen LogP contribution in [0.4, 0.5) is 0 Å². The highest BCUT2D eigenvalue weighted by atomic mass is 35.5. The second-order valence-corrected chi connectivity index (χ2v) is 5.40. The Hall–Kier alpha value is -1.66. The molecule has 114 valence electrons. The van der Waals surface area contributed by atoms with Crippen LogP contribution in [-0.2, 0) is 9.53 Å². The Bertz CT molecular complexity index is 522. The molecule has 1 fully saturated rings. The van der Waals surface area contributed by atoms with E-state index in [9.17, 15) is 9.59 Å². The summed E-state index contributed by atoms with van der Waals surface area (Å²) >= 11 is 5.87. The summed E-state index contributed by atoms with van der Waals surface area (Å²) in [4.78, 5) is 28.6. The Morgan fingerprint density at radius 3 is 2.67 bits per heavy atom. The summed E-state index contributed by atoms with van der Waals surface area (Å²) in [5.41, 5.74) is 1.22.